The van der Waals surface area contributed by atoms with E-state index in [0.29, 0.717) is 16.9 Å². The Morgan fingerprint density at radius 1 is 0.774 bits per heavy atom. The van der Waals surface area contributed by atoms with Gasteiger partial charge in [-0.25, -0.2) is 18.4 Å². The fraction of sp³-hybridized carbons (Fsp3) is 0.167. The highest BCUT2D eigenvalue weighted by molar-refractivity contribution is 7.92. The Hall–Kier alpha value is -3.45. The molecule has 4 rings (SSSR count). The highest BCUT2D eigenvalue weighted by atomic mass is 32.2. The third-order valence-electron chi connectivity index (χ3n) is 4.89. The number of hydrogen-bond acceptors (Lipinski definition) is 5. The van der Waals surface area contributed by atoms with E-state index in [4.69, 9.17) is 0 Å². The lowest BCUT2D eigenvalue weighted by Gasteiger charge is -2.14. The molecule has 31 heavy (non-hydrogen) atoms. The maximum absolute atomic E-state index is 12.9. The van der Waals surface area contributed by atoms with Crippen molar-refractivity contribution in [3.63, 3.8) is 0 Å². The second kappa shape index (κ2) is 9.14. The van der Waals surface area contributed by atoms with E-state index in [1.165, 1.54) is 5.56 Å². The van der Waals surface area contributed by atoms with Crippen LogP contribution in [0.5, 0.6) is 0 Å². The zero-order chi connectivity index (χ0) is 21.7. The number of hydrogen-bond donors (Lipinski definition) is 2. The number of aryl methyl sites for hydroxylation is 1. The summed E-state index contributed by atoms with van der Waals surface area (Å²) >= 11 is 0. The van der Waals surface area contributed by atoms with Crippen LogP contribution in [0.3, 0.4) is 0 Å². The van der Waals surface area contributed by atoms with Crippen molar-refractivity contribution in [3.05, 3.63) is 84.4 Å². The summed E-state index contributed by atoms with van der Waals surface area (Å²) in [6.07, 6.45) is 3.33. The van der Waals surface area contributed by atoms with Crippen molar-refractivity contribution >= 4 is 38.4 Å². The molecule has 158 valence electrons. The SMILES string of the molecule is CCCCc1ccc(Nc2nc3ccccc3nc2NS(=O)(=O)c2ccccc2)cc1. The summed E-state index contributed by atoms with van der Waals surface area (Å²) in [4.78, 5) is 9.31. The number of para-hydroxylation sites is 2. The average Bonchev–Trinajstić information content (AvgIpc) is 2.79. The summed E-state index contributed by atoms with van der Waals surface area (Å²) in [5.41, 5.74) is 3.35. The average molecular weight is 433 g/mol. The van der Waals surface area contributed by atoms with Crippen LogP contribution >= 0.6 is 0 Å². The van der Waals surface area contributed by atoms with E-state index >= 15 is 0 Å². The van der Waals surface area contributed by atoms with E-state index in [0.717, 1.165) is 24.9 Å². The van der Waals surface area contributed by atoms with Crippen LogP contribution < -0.4 is 10.0 Å². The van der Waals surface area contributed by atoms with E-state index in [1.54, 1.807) is 36.4 Å². The van der Waals surface area contributed by atoms with Crippen molar-refractivity contribution in [2.75, 3.05) is 10.0 Å². The van der Waals surface area contributed by atoms with Gasteiger partial charge in [-0.1, -0.05) is 55.8 Å². The Balaban J connectivity index is 1.68. The van der Waals surface area contributed by atoms with Gasteiger partial charge in [-0.3, -0.25) is 4.72 Å². The number of rotatable bonds is 8. The molecule has 0 bridgehead atoms. The van der Waals surface area contributed by atoms with Crippen molar-refractivity contribution in [2.45, 2.75) is 31.1 Å². The van der Waals surface area contributed by atoms with Crippen LogP contribution in [0, 0.1) is 0 Å². The van der Waals surface area contributed by atoms with Gasteiger partial charge >= 0.3 is 0 Å². The van der Waals surface area contributed by atoms with E-state index in [1.807, 2.05) is 30.3 Å². The van der Waals surface area contributed by atoms with Crippen LogP contribution in [0.25, 0.3) is 11.0 Å². The summed E-state index contributed by atoms with van der Waals surface area (Å²) in [7, 11) is -3.81. The Labute approximate surface area is 182 Å². The number of nitrogens with zero attached hydrogens (tertiary/aromatic N) is 2. The quantitative estimate of drug-likeness (QED) is 0.383. The Kier molecular flexibility index (Phi) is 6.13. The molecular formula is C24H24N4O2S. The molecule has 1 heterocycles. The molecule has 0 unspecified atom stereocenters. The molecule has 6 nitrogen and oxygen atoms in total. The van der Waals surface area contributed by atoms with Gasteiger partial charge in [0.05, 0.1) is 15.9 Å². The van der Waals surface area contributed by atoms with Crippen molar-refractivity contribution in [2.24, 2.45) is 0 Å². The summed E-state index contributed by atoms with van der Waals surface area (Å²) in [6, 6.07) is 23.6. The summed E-state index contributed by atoms with van der Waals surface area (Å²) in [6.45, 7) is 2.17. The standard InChI is InChI=1S/C24H24N4O2S/c1-2-3-9-18-14-16-19(17-15-18)25-23-24(27-22-13-8-7-12-21(22)26-23)28-31(29,30)20-10-5-4-6-11-20/h4-8,10-17H,2-3,9H2,1H3,(H,25,26)(H,27,28). The van der Waals surface area contributed by atoms with Crippen LogP contribution in [-0.4, -0.2) is 18.4 Å². The van der Waals surface area contributed by atoms with Crippen molar-refractivity contribution in [3.8, 4) is 0 Å². The smallest absolute Gasteiger partial charge is 0.263 e. The second-order valence-electron chi connectivity index (χ2n) is 7.25. The molecule has 0 saturated carbocycles. The molecule has 0 radical (unpaired) electrons. The van der Waals surface area contributed by atoms with Gasteiger partial charge in [0.2, 0.25) is 0 Å². The largest absolute Gasteiger partial charge is 0.337 e. The van der Waals surface area contributed by atoms with Gasteiger partial charge in [-0.15, -0.1) is 0 Å². The molecule has 3 aromatic carbocycles. The van der Waals surface area contributed by atoms with Gasteiger partial charge in [-0.2, -0.15) is 0 Å². The number of sulfonamides is 1. The highest BCUT2D eigenvalue weighted by Gasteiger charge is 2.18. The molecular weight excluding hydrogens is 408 g/mol. The molecule has 0 spiro atoms. The first-order chi connectivity index (χ1) is 15.0. The molecule has 0 aliphatic carbocycles. The molecule has 0 fully saturated rings. The van der Waals surface area contributed by atoms with Gasteiger partial charge in [0, 0.05) is 5.69 Å². The number of fused-ring (bicyclic) bond motifs is 1. The van der Waals surface area contributed by atoms with Crippen molar-refractivity contribution < 1.29 is 8.42 Å². The van der Waals surface area contributed by atoms with E-state index in [9.17, 15) is 8.42 Å². The van der Waals surface area contributed by atoms with Gasteiger partial charge < -0.3 is 5.32 Å². The highest BCUT2D eigenvalue weighted by Crippen LogP contribution is 2.27. The molecule has 0 amide bonds. The number of nitrogens with one attached hydrogen (secondary N) is 2. The third kappa shape index (κ3) is 5.00. The zero-order valence-corrected chi connectivity index (χ0v) is 18.1. The van der Waals surface area contributed by atoms with E-state index in [2.05, 4.69) is 39.1 Å². The van der Waals surface area contributed by atoms with E-state index in [-0.39, 0.29) is 10.7 Å². The van der Waals surface area contributed by atoms with Crippen LogP contribution in [0.15, 0.2) is 83.8 Å². The minimum atomic E-state index is -3.81. The molecule has 0 aliphatic rings. The lowest BCUT2D eigenvalue weighted by atomic mass is 10.1. The lowest BCUT2D eigenvalue weighted by Crippen LogP contribution is -2.16. The molecule has 0 aliphatic heterocycles. The predicted octanol–water partition coefficient (Wildman–Crippen LogP) is 5.52. The molecule has 0 atom stereocenters. The predicted molar refractivity (Wildman–Crippen MR) is 125 cm³/mol. The van der Waals surface area contributed by atoms with Crippen LogP contribution in [0.4, 0.5) is 17.3 Å². The Morgan fingerprint density at radius 3 is 2.03 bits per heavy atom. The first-order valence-corrected chi connectivity index (χ1v) is 11.7. The second-order valence-corrected chi connectivity index (χ2v) is 8.94. The lowest BCUT2D eigenvalue weighted by molar-refractivity contribution is 0.601. The van der Waals surface area contributed by atoms with Crippen molar-refractivity contribution in [1.82, 2.24) is 9.97 Å². The first kappa shape index (κ1) is 20.8. The minimum absolute atomic E-state index is 0.151. The molecule has 7 heteroatoms. The molecule has 4 aromatic rings. The third-order valence-corrected chi connectivity index (χ3v) is 6.25. The van der Waals surface area contributed by atoms with Gasteiger partial charge in [0.1, 0.15) is 0 Å². The summed E-state index contributed by atoms with van der Waals surface area (Å²) in [5.74, 6) is 0.497. The van der Waals surface area contributed by atoms with Crippen LogP contribution in [-0.2, 0) is 16.4 Å². The van der Waals surface area contributed by atoms with Gasteiger partial charge in [-0.05, 0) is 54.8 Å². The maximum atomic E-state index is 12.9. The molecule has 0 saturated heterocycles. The number of anilines is 3. The van der Waals surface area contributed by atoms with Gasteiger partial charge in [0.15, 0.2) is 11.6 Å². The number of unbranched alkanes of at least 4 members (excludes halogenated alkanes) is 1. The van der Waals surface area contributed by atoms with Crippen molar-refractivity contribution in [1.29, 1.82) is 0 Å². The number of aromatic nitrogens is 2. The first-order valence-electron chi connectivity index (χ1n) is 10.3. The molecule has 2 N–H and O–H groups in total. The summed E-state index contributed by atoms with van der Waals surface area (Å²) < 4.78 is 28.4. The van der Waals surface area contributed by atoms with Crippen LogP contribution in [0.2, 0.25) is 0 Å². The Bertz CT molecular complexity index is 1270. The van der Waals surface area contributed by atoms with Gasteiger partial charge in [0.25, 0.3) is 10.0 Å². The summed E-state index contributed by atoms with van der Waals surface area (Å²) in [5, 5.41) is 3.22. The number of benzene rings is 3. The fourth-order valence-corrected chi connectivity index (χ4v) is 4.25. The normalized spacial score (nSPS) is 11.4. The van der Waals surface area contributed by atoms with Crippen LogP contribution in [0.1, 0.15) is 25.3 Å². The zero-order valence-electron chi connectivity index (χ0n) is 17.2. The fourth-order valence-electron chi connectivity index (χ4n) is 3.22. The minimum Gasteiger partial charge on any atom is -0.337 e. The Morgan fingerprint density at radius 2 is 1.39 bits per heavy atom. The van der Waals surface area contributed by atoms with E-state index < -0.39 is 10.0 Å². The molecule has 1 aromatic heterocycles. The maximum Gasteiger partial charge on any atom is 0.263 e. The topological polar surface area (TPSA) is 84.0 Å². The monoisotopic (exact) mass is 432 g/mol.